The van der Waals surface area contributed by atoms with E-state index < -0.39 is 0 Å². The Bertz CT molecular complexity index is 1370. The van der Waals surface area contributed by atoms with Crippen LogP contribution in [0.1, 0.15) is 32.6 Å². The molecule has 0 radical (unpaired) electrons. The van der Waals surface area contributed by atoms with Gasteiger partial charge < -0.3 is 14.8 Å². The summed E-state index contributed by atoms with van der Waals surface area (Å²) in [6.07, 6.45) is 1.65. The Morgan fingerprint density at radius 2 is 1.77 bits per heavy atom. The van der Waals surface area contributed by atoms with Gasteiger partial charge in [0.25, 0.3) is 5.91 Å². The third-order valence-corrected chi connectivity index (χ3v) is 6.15. The van der Waals surface area contributed by atoms with Crippen LogP contribution >= 0.6 is 23.2 Å². The zero-order valence-corrected chi connectivity index (χ0v) is 21.2. The number of benzene rings is 3. The fraction of sp³-hybridized carbons (Fsp3) is 0.185. The number of methoxy groups -OCH3 is 1. The minimum Gasteiger partial charge on any atom is -0.496 e. The van der Waals surface area contributed by atoms with Crippen molar-refractivity contribution in [3.05, 3.63) is 105 Å². The molecule has 1 aromatic heterocycles. The lowest BCUT2D eigenvalue weighted by molar-refractivity contribution is 0.102. The number of halogens is 2. The Kier molecular flexibility index (Phi) is 7.63. The van der Waals surface area contributed by atoms with E-state index in [1.54, 1.807) is 36.2 Å². The van der Waals surface area contributed by atoms with E-state index in [1.165, 1.54) is 0 Å². The van der Waals surface area contributed by atoms with Crippen molar-refractivity contribution in [3.8, 4) is 11.5 Å². The molecule has 35 heavy (non-hydrogen) atoms. The number of aryl methyl sites for hydroxylation is 2. The molecule has 6 nitrogen and oxygen atoms in total. The van der Waals surface area contributed by atoms with Gasteiger partial charge in [-0.05, 0) is 60.9 Å². The predicted octanol–water partition coefficient (Wildman–Crippen LogP) is 6.69. The molecular weight excluding hydrogens is 485 g/mol. The second kappa shape index (κ2) is 10.8. The summed E-state index contributed by atoms with van der Waals surface area (Å²) in [6.45, 7) is 4.68. The van der Waals surface area contributed by atoms with E-state index in [4.69, 9.17) is 32.7 Å². The second-order valence-electron chi connectivity index (χ2n) is 8.15. The summed E-state index contributed by atoms with van der Waals surface area (Å²) in [7, 11) is 1.59. The van der Waals surface area contributed by atoms with Crippen molar-refractivity contribution in [1.29, 1.82) is 0 Å². The zero-order chi connectivity index (χ0) is 24.9. The number of nitrogens with zero attached hydrogens (tertiary/aromatic N) is 2. The first-order valence-corrected chi connectivity index (χ1v) is 11.7. The number of hydrogen-bond acceptors (Lipinski definition) is 4. The van der Waals surface area contributed by atoms with Crippen LogP contribution in [0, 0.1) is 13.8 Å². The summed E-state index contributed by atoms with van der Waals surface area (Å²) in [5.41, 5.74) is 4.22. The predicted molar refractivity (Wildman–Crippen MR) is 139 cm³/mol. The Balaban J connectivity index is 1.49. The van der Waals surface area contributed by atoms with Gasteiger partial charge in [-0.15, -0.1) is 0 Å². The van der Waals surface area contributed by atoms with Crippen LogP contribution < -0.4 is 14.8 Å². The molecule has 3 aromatic carbocycles. The summed E-state index contributed by atoms with van der Waals surface area (Å²) in [4.78, 5) is 13.0. The van der Waals surface area contributed by atoms with Gasteiger partial charge >= 0.3 is 0 Å². The molecule has 0 bridgehead atoms. The first-order chi connectivity index (χ1) is 16.8. The van der Waals surface area contributed by atoms with E-state index in [9.17, 15) is 4.79 Å². The van der Waals surface area contributed by atoms with Crippen LogP contribution in [-0.2, 0) is 13.2 Å². The molecule has 1 N–H and O–H groups in total. The highest BCUT2D eigenvalue weighted by Crippen LogP contribution is 2.26. The Labute approximate surface area is 214 Å². The maximum absolute atomic E-state index is 13.0. The van der Waals surface area contributed by atoms with Crippen molar-refractivity contribution in [2.75, 3.05) is 12.4 Å². The Hall–Kier alpha value is -3.48. The van der Waals surface area contributed by atoms with Gasteiger partial charge in [-0.2, -0.15) is 5.10 Å². The number of aromatic nitrogens is 2. The van der Waals surface area contributed by atoms with Gasteiger partial charge in [0.1, 0.15) is 23.1 Å². The molecule has 8 heteroatoms. The van der Waals surface area contributed by atoms with E-state index in [2.05, 4.69) is 10.4 Å². The quantitative estimate of drug-likeness (QED) is 0.287. The van der Waals surface area contributed by atoms with Crippen molar-refractivity contribution < 1.29 is 14.3 Å². The van der Waals surface area contributed by atoms with Crippen LogP contribution in [0.4, 0.5) is 5.82 Å². The number of amides is 1. The van der Waals surface area contributed by atoms with Crippen LogP contribution in [0.2, 0.25) is 10.0 Å². The van der Waals surface area contributed by atoms with Crippen molar-refractivity contribution in [3.63, 3.8) is 0 Å². The summed E-state index contributed by atoms with van der Waals surface area (Å²) >= 11 is 12.6. The maximum atomic E-state index is 13.0. The van der Waals surface area contributed by atoms with E-state index in [-0.39, 0.29) is 18.3 Å². The molecule has 0 aliphatic carbocycles. The van der Waals surface area contributed by atoms with Crippen molar-refractivity contribution in [2.24, 2.45) is 0 Å². The number of carbonyl (C=O) groups excluding carboxylic acids is 1. The normalized spacial score (nSPS) is 10.8. The fourth-order valence-electron chi connectivity index (χ4n) is 3.59. The Morgan fingerprint density at radius 3 is 2.54 bits per heavy atom. The standard InChI is InChI=1S/C27H25Cl2N3O3/c1-17-8-9-18(2)25(12-17)35-16-21-13-19(10-11-24(21)34-3)27(33)30-26-23(29)15-32(31-26)14-20-6-4-5-7-22(20)28/h4-13,15H,14,16H2,1-3H3,(H,30,31,33). The molecule has 4 rings (SSSR count). The van der Waals surface area contributed by atoms with Gasteiger partial charge in [0, 0.05) is 22.3 Å². The minimum absolute atomic E-state index is 0.252. The first kappa shape index (κ1) is 24.6. The lowest BCUT2D eigenvalue weighted by atomic mass is 10.1. The number of nitrogens with one attached hydrogen (secondary N) is 1. The van der Waals surface area contributed by atoms with Gasteiger partial charge in [-0.3, -0.25) is 9.48 Å². The molecule has 0 atom stereocenters. The number of ether oxygens (including phenoxy) is 2. The van der Waals surface area contributed by atoms with Gasteiger partial charge in [0.2, 0.25) is 0 Å². The molecular formula is C27H25Cl2N3O3. The average Bonchev–Trinajstić information content (AvgIpc) is 3.19. The summed E-state index contributed by atoms with van der Waals surface area (Å²) in [6, 6.07) is 18.7. The second-order valence-corrected chi connectivity index (χ2v) is 8.97. The molecule has 0 saturated heterocycles. The number of rotatable bonds is 8. The molecule has 4 aromatic rings. The SMILES string of the molecule is COc1ccc(C(=O)Nc2nn(Cc3ccccc3Cl)cc2Cl)cc1COc1cc(C)ccc1C. The number of hydrogen-bond donors (Lipinski definition) is 1. The van der Waals surface area contributed by atoms with E-state index >= 15 is 0 Å². The van der Waals surface area contributed by atoms with E-state index in [0.29, 0.717) is 27.9 Å². The van der Waals surface area contributed by atoms with Crippen LogP contribution in [0.15, 0.2) is 66.9 Å². The lowest BCUT2D eigenvalue weighted by Gasteiger charge is -2.14. The van der Waals surface area contributed by atoms with Crippen LogP contribution in [0.25, 0.3) is 0 Å². The summed E-state index contributed by atoms with van der Waals surface area (Å²) in [5, 5.41) is 8.16. The molecule has 0 aliphatic heterocycles. The number of carbonyl (C=O) groups is 1. The van der Waals surface area contributed by atoms with Gasteiger partial charge in [0.15, 0.2) is 5.82 Å². The van der Waals surface area contributed by atoms with E-state index in [0.717, 1.165) is 28.0 Å². The smallest absolute Gasteiger partial charge is 0.256 e. The average molecular weight is 510 g/mol. The summed E-state index contributed by atoms with van der Waals surface area (Å²) in [5.74, 6) is 1.35. The van der Waals surface area contributed by atoms with Crippen LogP contribution in [0.3, 0.4) is 0 Å². The first-order valence-electron chi connectivity index (χ1n) is 11.0. The highest BCUT2D eigenvalue weighted by Gasteiger charge is 2.16. The molecule has 0 aliphatic rings. The maximum Gasteiger partial charge on any atom is 0.256 e. The van der Waals surface area contributed by atoms with Crippen molar-refractivity contribution in [2.45, 2.75) is 27.0 Å². The molecule has 0 saturated carbocycles. The minimum atomic E-state index is -0.342. The third-order valence-electron chi connectivity index (χ3n) is 5.51. The largest absolute Gasteiger partial charge is 0.496 e. The van der Waals surface area contributed by atoms with Gasteiger partial charge in [-0.1, -0.05) is 53.5 Å². The molecule has 0 spiro atoms. The Morgan fingerprint density at radius 1 is 0.971 bits per heavy atom. The molecule has 1 amide bonds. The van der Waals surface area contributed by atoms with Crippen molar-refractivity contribution >= 4 is 34.9 Å². The summed E-state index contributed by atoms with van der Waals surface area (Å²) < 4.78 is 13.1. The highest BCUT2D eigenvalue weighted by atomic mass is 35.5. The molecule has 1 heterocycles. The molecule has 180 valence electrons. The van der Waals surface area contributed by atoms with Crippen LogP contribution in [0.5, 0.6) is 11.5 Å². The zero-order valence-electron chi connectivity index (χ0n) is 19.6. The van der Waals surface area contributed by atoms with Crippen LogP contribution in [-0.4, -0.2) is 22.8 Å². The number of anilines is 1. The van der Waals surface area contributed by atoms with Crippen molar-refractivity contribution in [1.82, 2.24) is 9.78 Å². The molecule has 0 fully saturated rings. The third kappa shape index (κ3) is 5.96. The lowest BCUT2D eigenvalue weighted by Crippen LogP contribution is -2.14. The van der Waals surface area contributed by atoms with Gasteiger partial charge in [0.05, 0.1) is 13.7 Å². The topological polar surface area (TPSA) is 65.4 Å². The van der Waals surface area contributed by atoms with E-state index in [1.807, 2.05) is 56.3 Å². The fourth-order valence-corrected chi connectivity index (χ4v) is 3.99. The van der Waals surface area contributed by atoms with Gasteiger partial charge in [-0.25, -0.2) is 0 Å². The molecule has 0 unspecified atom stereocenters. The highest BCUT2D eigenvalue weighted by molar-refractivity contribution is 6.33. The monoisotopic (exact) mass is 509 g/mol.